The van der Waals surface area contributed by atoms with Gasteiger partial charge < -0.3 is 5.11 Å². The third kappa shape index (κ3) is 2.35. The van der Waals surface area contributed by atoms with Gasteiger partial charge in [-0.15, -0.1) is 0 Å². The average Bonchev–Trinajstić information content (AvgIpc) is 2.03. The van der Waals surface area contributed by atoms with Gasteiger partial charge in [0.2, 0.25) is 0 Å². The summed E-state index contributed by atoms with van der Waals surface area (Å²) in [6.07, 6.45) is -2.82. The van der Waals surface area contributed by atoms with Crippen molar-refractivity contribution in [3.05, 3.63) is 28.5 Å². The number of carbonyl (C=O) groups is 1. The van der Waals surface area contributed by atoms with Gasteiger partial charge in [0.1, 0.15) is 10.8 Å². The van der Waals surface area contributed by atoms with Gasteiger partial charge in [-0.1, -0.05) is 11.6 Å². The van der Waals surface area contributed by atoms with Crippen molar-refractivity contribution in [3.8, 4) is 0 Å². The number of aromatic nitrogens is 1. The smallest absolute Gasteiger partial charge is 0.335 e. The number of carboxylic acids is 1. The molecular weight excluding hydrogens is 204 g/mol. The highest BCUT2D eigenvalue weighted by Crippen LogP contribution is 2.20. The maximum Gasteiger partial charge on any atom is 0.335 e. The Morgan fingerprint density at radius 3 is 2.62 bits per heavy atom. The lowest BCUT2D eigenvalue weighted by Crippen LogP contribution is -2.00. The van der Waals surface area contributed by atoms with Crippen molar-refractivity contribution in [3.63, 3.8) is 0 Å². The molecule has 0 saturated carbocycles. The molecule has 0 aliphatic rings. The zero-order valence-corrected chi connectivity index (χ0v) is 6.92. The lowest BCUT2D eigenvalue weighted by Gasteiger charge is -2.00. The number of hydrogen-bond donors (Lipinski definition) is 1. The van der Waals surface area contributed by atoms with Gasteiger partial charge in [-0.2, -0.15) is 0 Å². The van der Waals surface area contributed by atoms with E-state index in [-0.39, 0.29) is 10.7 Å². The highest BCUT2D eigenvalue weighted by atomic mass is 35.5. The van der Waals surface area contributed by atoms with Crippen LogP contribution in [0.3, 0.4) is 0 Å². The van der Waals surface area contributed by atoms with E-state index in [1.807, 2.05) is 0 Å². The second-order valence-corrected chi connectivity index (χ2v) is 2.60. The van der Waals surface area contributed by atoms with E-state index in [4.69, 9.17) is 16.7 Å². The predicted molar refractivity (Wildman–Crippen MR) is 41.2 cm³/mol. The van der Waals surface area contributed by atoms with Gasteiger partial charge >= 0.3 is 5.97 Å². The summed E-state index contributed by atoms with van der Waals surface area (Å²) in [7, 11) is 0. The number of alkyl halides is 2. The van der Waals surface area contributed by atoms with E-state index in [0.717, 1.165) is 12.1 Å². The molecule has 0 unspecified atom stereocenters. The molecule has 3 nitrogen and oxygen atoms in total. The minimum Gasteiger partial charge on any atom is -0.478 e. The number of hydrogen-bond acceptors (Lipinski definition) is 2. The molecule has 0 fully saturated rings. The Bertz CT molecular complexity index is 343. The molecule has 0 saturated heterocycles. The minimum absolute atomic E-state index is 0.254. The maximum absolute atomic E-state index is 12.1. The molecule has 1 rings (SSSR count). The van der Waals surface area contributed by atoms with Gasteiger partial charge in [0, 0.05) is 0 Å². The van der Waals surface area contributed by atoms with Crippen LogP contribution in [0.5, 0.6) is 0 Å². The summed E-state index contributed by atoms with van der Waals surface area (Å²) in [6.45, 7) is 0. The summed E-state index contributed by atoms with van der Waals surface area (Å²) in [6, 6.07) is 1.80. The Labute approximate surface area is 77.0 Å². The van der Waals surface area contributed by atoms with Crippen LogP contribution >= 0.6 is 11.6 Å². The predicted octanol–water partition coefficient (Wildman–Crippen LogP) is 2.37. The molecular formula is C7H4ClF2NO2. The van der Waals surface area contributed by atoms with Gasteiger partial charge in [0.05, 0.1) is 5.56 Å². The first-order valence-electron chi connectivity index (χ1n) is 3.19. The molecule has 13 heavy (non-hydrogen) atoms. The number of carboxylic acid groups (broad SMARTS) is 1. The molecule has 0 atom stereocenters. The highest BCUT2D eigenvalue weighted by Gasteiger charge is 2.13. The number of halogens is 3. The molecule has 1 N–H and O–H groups in total. The minimum atomic E-state index is -2.82. The zero-order valence-electron chi connectivity index (χ0n) is 6.17. The summed E-state index contributed by atoms with van der Waals surface area (Å²) in [5.74, 6) is -1.31. The van der Waals surface area contributed by atoms with Crippen molar-refractivity contribution in [2.45, 2.75) is 6.43 Å². The summed E-state index contributed by atoms with van der Waals surface area (Å²) in [5, 5.41) is 8.23. The molecule has 0 aliphatic heterocycles. The Balaban J connectivity index is 3.19. The summed E-state index contributed by atoms with van der Waals surface area (Å²) < 4.78 is 24.2. The van der Waals surface area contributed by atoms with E-state index >= 15 is 0 Å². The second-order valence-electron chi connectivity index (χ2n) is 2.21. The Morgan fingerprint density at radius 2 is 2.15 bits per heavy atom. The van der Waals surface area contributed by atoms with E-state index in [9.17, 15) is 13.6 Å². The molecule has 1 aromatic rings. The Kier molecular flexibility index (Phi) is 2.77. The normalized spacial score (nSPS) is 10.5. The van der Waals surface area contributed by atoms with Crippen LogP contribution in [0, 0.1) is 0 Å². The van der Waals surface area contributed by atoms with Crippen molar-refractivity contribution < 1.29 is 18.7 Å². The molecule has 0 aromatic carbocycles. The van der Waals surface area contributed by atoms with Crippen molar-refractivity contribution in [2.24, 2.45) is 0 Å². The van der Waals surface area contributed by atoms with Gasteiger partial charge in [0.15, 0.2) is 0 Å². The second kappa shape index (κ2) is 3.66. The van der Waals surface area contributed by atoms with Crippen LogP contribution in [0.4, 0.5) is 8.78 Å². The molecule has 1 aromatic heterocycles. The van der Waals surface area contributed by atoms with Crippen LogP contribution in [0.1, 0.15) is 22.5 Å². The molecule has 0 aliphatic carbocycles. The molecule has 70 valence electrons. The van der Waals surface area contributed by atoms with E-state index in [2.05, 4.69) is 4.98 Å². The molecule has 1 heterocycles. The molecule has 0 bridgehead atoms. The van der Waals surface area contributed by atoms with E-state index in [1.54, 1.807) is 0 Å². The number of nitrogens with zero attached hydrogens (tertiary/aromatic N) is 1. The zero-order chi connectivity index (χ0) is 10.0. The van der Waals surface area contributed by atoms with Crippen LogP contribution in [0.2, 0.25) is 5.15 Å². The van der Waals surface area contributed by atoms with Crippen molar-refractivity contribution in [2.75, 3.05) is 0 Å². The first-order valence-corrected chi connectivity index (χ1v) is 3.57. The third-order valence-electron chi connectivity index (χ3n) is 1.28. The van der Waals surface area contributed by atoms with Crippen LogP contribution in [-0.2, 0) is 0 Å². The summed E-state index contributed by atoms with van der Waals surface area (Å²) in [5.41, 5.74) is -0.930. The van der Waals surface area contributed by atoms with Crippen molar-refractivity contribution >= 4 is 17.6 Å². The van der Waals surface area contributed by atoms with Crippen LogP contribution in [0.15, 0.2) is 12.1 Å². The number of pyridine rings is 1. The van der Waals surface area contributed by atoms with Crippen LogP contribution in [0.25, 0.3) is 0 Å². The van der Waals surface area contributed by atoms with Crippen LogP contribution in [-0.4, -0.2) is 16.1 Å². The SMILES string of the molecule is O=C(O)c1cc(Cl)nc(C(F)F)c1. The van der Waals surface area contributed by atoms with Crippen molar-refractivity contribution in [1.29, 1.82) is 0 Å². The largest absolute Gasteiger partial charge is 0.478 e. The van der Waals surface area contributed by atoms with Gasteiger partial charge in [0.25, 0.3) is 6.43 Å². The van der Waals surface area contributed by atoms with Crippen LogP contribution < -0.4 is 0 Å². The summed E-state index contributed by atoms with van der Waals surface area (Å²) in [4.78, 5) is 13.7. The third-order valence-corrected chi connectivity index (χ3v) is 1.48. The van der Waals surface area contributed by atoms with Gasteiger partial charge in [-0.25, -0.2) is 18.6 Å². The lowest BCUT2D eigenvalue weighted by molar-refractivity contribution is 0.0696. The quantitative estimate of drug-likeness (QED) is 0.758. The summed E-state index contributed by atoms with van der Waals surface area (Å²) >= 11 is 5.33. The standard InChI is InChI=1S/C7H4ClF2NO2/c8-5-2-3(7(12)13)1-4(11-5)6(9)10/h1-2,6H,(H,12,13). The highest BCUT2D eigenvalue weighted by molar-refractivity contribution is 6.29. The monoisotopic (exact) mass is 207 g/mol. The number of rotatable bonds is 2. The maximum atomic E-state index is 12.1. The molecule has 6 heteroatoms. The Hall–Kier alpha value is -1.23. The van der Waals surface area contributed by atoms with Gasteiger partial charge in [-0.3, -0.25) is 0 Å². The molecule has 0 spiro atoms. The lowest BCUT2D eigenvalue weighted by atomic mass is 10.2. The fourth-order valence-corrected chi connectivity index (χ4v) is 0.968. The first-order chi connectivity index (χ1) is 6.00. The van der Waals surface area contributed by atoms with Gasteiger partial charge in [-0.05, 0) is 12.1 Å². The van der Waals surface area contributed by atoms with E-state index < -0.39 is 18.1 Å². The fraction of sp³-hybridized carbons (Fsp3) is 0.143. The average molecular weight is 208 g/mol. The molecule has 0 radical (unpaired) electrons. The van der Waals surface area contributed by atoms with E-state index in [0.29, 0.717) is 0 Å². The first kappa shape index (κ1) is 9.85. The Morgan fingerprint density at radius 1 is 1.54 bits per heavy atom. The topological polar surface area (TPSA) is 50.2 Å². The molecule has 0 amide bonds. The fourth-order valence-electron chi connectivity index (χ4n) is 0.752. The van der Waals surface area contributed by atoms with E-state index in [1.165, 1.54) is 0 Å². The number of aromatic carboxylic acids is 1. The van der Waals surface area contributed by atoms with Crippen molar-refractivity contribution in [1.82, 2.24) is 4.98 Å².